The van der Waals surface area contributed by atoms with E-state index in [4.69, 9.17) is 0 Å². The molecule has 0 saturated carbocycles. The molecule has 0 aromatic carbocycles. The molecular weight excluding hydrogens is 268 g/mol. The van der Waals surface area contributed by atoms with E-state index in [1.165, 1.54) is 71.1 Å². The summed E-state index contributed by atoms with van der Waals surface area (Å²) in [6.07, 6.45) is 9.57. The van der Waals surface area contributed by atoms with Gasteiger partial charge in [0, 0.05) is 6.04 Å². The van der Waals surface area contributed by atoms with Gasteiger partial charge in [0.25, 0.3) is 0 Å². The van der Waals surface area contributed by atoms with Gasteiger partial charge in [0.05, 0.1) is 0 Å². The van der Waals surface area contributed by atoms with Gasteiger partial charge in [-0.2, -0.15) is 0 Å². The summed E-state index contributed by atoms with van der Waals surface area (Å²) in [5, 5.41) is 3.90. The minimum Gasteiger partial charge on any atom is -0.314 e. The zero-order valence-electron chi connectivity index (χ0n) is 16.0. The van der Waals surface area contributed by atoms with Crippen molar-refractivity contribution >= 4 is 0 Å². The maximum atomic E-state index is 3.90. The monoisotopic (exact) mass is 310 g/mol. The Labute approximate surface area is 140 Å². The zero-order valence-corrected chi connectivity index (χ0v) is 16.0. The number of nitrogens with one attached hydrogen (secondary N) is 1. The van der Waals surface area contributed by atoms with Gasteiger partial charge in [0.15, 0.2) is 0 Å². The number of hydrogen-bond acceptors (Lipinski definition) is 2. The van der Waals surface area contributed by atoms with Gasteiger partial charge in [-0.05, 0) is 76.0 Å². The van der Waals surface area contributed by atoms with Crippen LogP contribution in [-0.4, -0.2) is 37.1 Å². The highest BCUT2D eigenvalue weighted by atomic mass is 15.1. The quantitative estimate of drug-likeness (QED) is 0.544. The van der Waals surface area contributed by atoms with Crippen LogP contribution in [0.25, 0.3) is 0 Å². The van der Waals surface area contributed by atoms with Gasteiger partial charge in [0.2, 0.25) is 0 Å². The fourth-order valence-electron chi connectivity index (χ4n) is 3.61. The summed E-state index contributed by atoms with van der Waals surface area (Å²) in [5.74, 6) is 2.44. The summed E-state index contributed by atoms with van der Waals surface area (Å²) in [6.45, 7) is 17.1. The van der Waals surface area contributed by atoms with E-state index < -0.39 is 0 Å². The van der Waals surface area contributed by atoms with Gasteiger partial charge in [0.1, 0.15) is 0 Å². The molecule has 1 fully saturated rings. The van der Waals surface area contributed by atoms with E-state index in [-0.39, 0.29) is 0 Å². The summed E-state index contributed by atoms with van der Waals surface area (Å²) in [5.41, 5.74) is 0. The number of likely N-dealkylation sites (tertiary alicyclic amines) is 1. The molecule has 1 heterocycles. The van der Waals surface area contributed by atoms with E-state index in [0.717, 1.165) is 17.8 Å². The molecule has 1 N–H and O–H groups in total. The largest absolute Gasteiger partial charge is 0.314 e. The minimum atomic E-state index is 0.707. The molecular formula is C20H42N2. The molecule has 0 bridgehead atoms. The van der Waals surface area contributed by atoms with Gasteiger partial charge in [-0.25, -0.2) is 0 Å². The van der Waals surface area contributed by atoms with Crippen LogP contribution in [0.5, 0.6) is 0 Å². The molecule has 1 aliphatic heterocycles. The summed E-state index contributed by atoms with van der Waals surface area (Å²) in [7, 11) is 0. The average molecular weight is 311 g/mol. The van der Waals surface area contributed by atoms with Gasteiger partial charge in [-0.15, -0.1) is 0 Å². The highest BCUT2D eigenvalue weighted by Crippen LogP contribution is 2.22. The molecule has 2 heteroatoms. The lowest BCUT2D eigenvalue weighted by molar-refractivity contribution is 0.216. The molecule has 0 radical (unpaired) electrons. The van der Waals surface area contributed by atoms with Crippen molar-refractivity contribution < 1.29 is 0 Å². The van der Waals surface area contributed by atoms with Crippen molar-refractivity contribution in [1.29, 1.82) is 0 Å². The molecule has 1 saturated heterocycles. The third-order valence-electron chi connectivity index (χ3n) is 5.74. The van der Waals surface area contributed by atoms with E-state index in [0.29, 0.717) is 6.04 Å². The van der Waals surface area contributed by atoms with Gasteiger partial charge < -0.3 is 10.2 Å². The summed E-state index contributed by atoms with van der Waals surface area (Å²) < 4.78 is 0. The Balaban J connectivity index is 2.29. The van der Waals surface area contributed by atoms with Crippen LogP contribution in [0.15, 0.2) is 0 Å². The van der Waals surface area contributed by atoms with Crippen LogP contribution < -0.4 is 5.32 Å². The Hall–Kier alpha value is -0.0800. The smallest absolute Gasteiger partial charge is 0.00953 e. The van der Waals surface area contributed by atoms with Crippen molar-refractivity contribution in [3.8, 4) is 0 Å². The molecule has 22 heavy (non-hydrogen) atoms. The first-order valence-electron chi connectivity index (χ1n) is 10.00. The second kappa shape index (κ2) is 11.5. The maximum Gasteiger partial charge on any atom is 0.00953 e. The fourth-order valence-corrected chi connectivity index (χ4v) is 3.61. The number of piperidine rings is 1. The molecule has 0 amide bonds. The molecule has 1 rings (SSSR count). The molecule has 3 unspecified atom stereocenters. The molecule has 132 valence electrons. The van der Waals surface area contributed by atoms with Crippen LogP contribution in [0.1, 0.15) is 79.6 Å². The van der Waals surface area contributed by atoms with Crippen LogP contribution in [0, 0.1) is 17.8 Å². The number of nitrogens with zero attached hydrogens (tertiary/aromatic N) is 1. The van der Waals surface area contributed by atoms with Gasteiger partial charge in [-0.1, -0.05) is 47.5 Å². The van der Waals surface area contributed by atoms with Crippen LogP contribution >= 0.6 is 0 Å². The van der Waals surface area contributed by atoms with Crippen LogP contribution in [0.3, 0.4) is 0 Å². The Bertz CT molecular complexity index is 258. The Morgan fingerprint density at radius 3 is 2.23 bits per heavy atom. The number of hydrogen-bond donors (Lipinski definition) is 1. The summed E-state index contributed by atoms with van der Waals surface area (Å²) in [6, 6.07) is 0.707. The molecule has 3 atom stereocenters. The first kappa shape index (κ1) is 20.0. The first-order valence-corrected chi connectivity index (χ1v) is 10.00. The third-order valence-corrected chi connectivity index (χ3v) is 5.74. The summed E-state index contributed by atoms with van der Waals surface area (Å²) in [4.78, 5) is 2.66. The van der Waals surface area contributed by atoms with Crippen LogP contribution in [0.4, 0.5) is 0 Å². The standard InChI is InChI=1S/C20H42N2/c1-6-18(4)19(5)20(12-11-17(2)3)21-13-10-16-22-14-8-7-9-15-22/h17-21H,6-16H2,1-5H3. The highest BCUT2D eigenvalue weighted by molar-refractivity contribution is 4.78. The van der Waals surface area contributed by atoms with Crippen molar-refractivity contribution in [1.82, 2.24) is 10.2 Å². The predicted octanol–water partition coefficient (Wildman–Crippen LogP) is 4.94. The SMILES string of the molecule is CCC(C)C(C)C(CCC(C)C)NCCCN1CCCCC1. The minimum absolute atomic E-state index is 0.707. The zero-order chi connectivity index (χ0) is 16.4. The molecule has 0 aliphatic carbocycles. The Kier molecular flexibility index (Phi) is 10.4. The fraction of sp³-hybridized carbons (Fsp3) is 1.00. The second-order valence-corrected chi connectivity index (χ2v) is 8.03. The van der Waals surface area contributed by atoms with Crippen molar-refractivity contribution in [2.45, 2.75) is 85.6 Å². The average Bonchev–Trinajstić information content (AvgIpc) is 2.53. The Morgan fingerprint density at radius 2 is 1.64 bits per heavy atom. The molecule has 0 aromatic rings. The molecule has 1 aliphatic rings. The second-order valence-electron chi connectivity index (χ2n) is 8.03. The van der Waals surface area contributed by atoms with Crippen molar-refractivity contribution in [3.05, 3.63) is 0 Å². The van der Waals surface area contributed by atoms with E-state index >= 15 is 0 Å². The normalized spacial score (nSPS) is 21.0. The van der Waals surface area contributed by atoms with E-state index in [1.54, 1.807) is 0 Å². The van der Waals surface area contributed by atoms with Crippen LogP contribution in [-0.2, 0) is 0 Å². The van der Waals surface area contributed by atoms with E-state index in [1.807, 2.05) is 0 Å². The van der Waals surface area contributed by atoms with E-state index in [9.17, 15) is 0 Å². The van der Waals surface area contributed by atoms with Crippen molar-refractivity contribution in [2.24, 2.45) is 17.8 Å². The van der Waals surface area contributed by atoms with E-state index in [2.05, 4.69) is 44.8 Å². The van der Waals surface area contributed by atoms with Crippen molar-refractivity contribution in [2.75, 3.05) is 26.2 Å². The lowest BCUT2D eigenvalue weighted by Gasteiger charge is -2.31. The third kappa shape index (κ3) is 7.97. The number of rotatable bonds is 11. The topological polar surface area (TPSA) is 15.3 Å². The van der Waals surface area contributed by atoms with Gasteiger partial charge in [-0.3, -0.25) is 0 Å². The Morgan fingerprint density at radius 1 is 0.955 bits per heavy atom. The predicted molar refractivity (Wildman–Crippen MR) is 99.4 cm³/mol. The molecule has 2 nitrogen and oxygen atoms in total. The van der Waals surface area contributed by atoms with Crippen molar-refractivity contribution in [3.63, 3.8) is 0 Å². The summed E-state index contributed by atoms with van der Waals surface area (Å²) >= 11 is 0. The van der Waals surface area contributed by atoms with Gasteiger partial charge >= 0.3 is 0 Å². The first-order chi connectivity index (χ1) is 10.5. The highest BCUT2D eigenvalue weighted by Gasteiger charge is 2.21. The maximum absolute atomic E-state index is 3.90. The molecule has 0 spiro atoms. The lowest BCUT2D eigenvalue weighted by Crippen LogP contribution is -2.40. The molecule has 0 aromatic heterocycles. The van der Waals surface area contributed by atoms with Crippen LogP contribution in [0.2, 0.25) is 0 Å². The lowest BCUT2D eigenvalue weighted by atomic mass is 9.84.